The molecular formula is C22H18ClN3O4S. The van der Waals surface area contributed by atoms with E-state index in [0.29, 0.717) is 38.8 Å². The van der Waals surface area contributed by atoms with E-state index in [0.717, 1.165) is 10.9 Å². The second-order valence-corrected chi connectivity index (χ2v) is 7.74. The van der Waals surface area contributed by atoms with Gasteiger partial charge < -0.3 is 19.2 Å². The fourth-order valence-corrected chi connectivity index (χ4v) is 4.00. The maximum absolute atomic E-state index is 12.7. The normalized spacial score (nSPS) is 10.8. The maximum Gasteiger partial charge on any atom is 0.234 e. The number of ether oxygens (including phenoxy) is 2. The number of thioether (sulfide) groups is 1. The minimum Gasteiger partial charge on any atom is -0.495 e. The second-order valence-electron chi connectivity index (χ2n) is 6.37. The van der Waals surface area contributed by atoms with Gasteiger partial charge in [-0.1, -0.05) is 41.6 Å². The molecule has 0 saturated heterocycles. The number of carbonyl (C=O) groups is 1. The lowest BCUT2D eigenvalue weighted by atomic mass is 10.2. The maximum atomic E-state index is 12.7. The van der Waals surface area contributed by atoms with Gasteiger partial charge in [0.05, 0.1) is 42.5 Å². The molecule has 0 aliphatic rings. The number of fused-ring (bicyclic) bond motifs is 1. The molecule has 9 heteroatoms. The molecule has 0 radical (unpaired) electrons. The number of halogens is 1. The molecule has 0 fully saturated rings. The molecule has 2 aromatic heterocycles. The lowest BCUT2D eigenvalue weighted by Crippen LogP contribution is -2.15. The molecule has 31 heavy (non-hydrogen) atoms. The molecule has 0 spiro atoms. The van der Waals surface area contributed by atoms with Gasteiger partial charge in [0, 0.05) is 17.5 Å². The number of carbonyl (C=O) groups excluding carboxylic acids is 1. The Morgan fingerprint density at radius 3 is 2.65 bits per heavy atom. The summed E-state index contributed by atoms with van der Waals surface area (Å²) in [7, 11) is 3.01. The van der Waals surface area contributed by atoms with Crippen molar-refractivity contribution in [2.24, 2.45) is 0 Å². The fraction of sp³-hybridized carbons (Fsp3) is 0.136. The quantitative estimate of drug-likeness (QED) is 0.299. The SMILES string of the molecule is COc1cc(NC(=O)CSc2nc(-c3ccco3)nc3ccccc23)c(OC)cc1Cl. The van der Waals surface area contributed by atoms with Crippen molar-refractivity contribution in [1.82, 2.24) is 9.97 Å². The Morgan fingerprint density at radius 1 is 1.10 bits per heavy atom. The molecule has 0 bridgehead atoms. The Kier molecular flexibility index (Phi) is 6.29. The summed E-state index contributed by atoms with van der Waals surface area (Å²) in [4.78, 5) is 21.8. The predicted octanol–water partition coefficient (Wildman–Crippen LogP) is 5.29. The van der Waals surface area contributed by atoms with Gasteiger partial charge in [0.2, 0.25) is 5.91 Å². The van der Waals surface area contributed by atoms with E-state index in [2.05, 4.69) is 15.3 Å². The van der Waals surface area contributed by atoms with Gasteiger partial charge in [-0.15, -0.1) is 0 Å². The summed E-state index contributed by atoms with van der Waals surface area (Å²) < 4.78 is 16.0. The molecule has 0 unspecified atom stereocenters. The van der Waals surface area contributed by atoms with E-state index in [1.807, 2.05) is 24.3 Å². The summed E-state index contributed by atoms with van der Waals surface area (Å²) >= 11 is 7.44. The van der Waals surface area contributed by atoms with Crippen molar-refractivity contribution in [3.63, 3.8) is 0 Å². The Morgan fingerprint density at radius 2 is 1.90 bits per heavy atom. The van der Waals surface area contributed by atoms with Gasteiger partial charge in [-0.3, -0.25) is 4.79 Å². The van der Waals surface area contributed by atoms with Crippen molar-refractivity contribution in [3.8, 4) is 23.1 Å². The molecule has 0 aliphatic heterocycles. The first-order valence-corrected chi connectivity index (χ1v) is 10.6. The van der Waals surface area contributed by atoms with Crippen LogP contribution in [0, 0.1) is 0 Å². The molecule has 2 heterocycles. The standard InChI is InChI=1S/C22H18ClN3O4S/c1-28-18-11-16(19(29-2)10-14(18)23)24-20(27)12-31-22-13-6-3-4-7-15(13)25-21(26-22)17-8-5-9-30-17/h3-11H,12H2,1-2H3,(H,24,27). The lowest BCUT2D eigenvalue weighted by molar-refractivity contribution is -0.113. The van der Waals surface area contributed by atoms with E-state index in [4.69, 9.17) is 25.5 Å². The first kappa shape index (κ1) is 21.0. The largest absolute Gasteiger partial charge is 0.495 e. The van der Waals surface area contributed by atoms with Crippen molar-refractivity contribution in [3.05, 3.63) is 59.8 Å². The van der Waals surface area contributed by atoms with Crippen molar-refractivity contribution >= 4 is 45.9 Å². The molecule has 1 N–H and O–H groups in total. The van der Waals surface area contributed by atoms with Crippen LogP contribution >= 0.6 is 23.4 Å². The fourth-order valence-electron chi connectivity index (χ4n) is 2.95. The Balaban J connectivity index is 1.56. The number of nitrogens with zero attached hydrogens (tertiary/aromatic N) is 2. The zero-order chi connectivity index (χ0) is 21.8. The number of aromatic nitrogens is 2. The molecule has 2 aromatic carbocycles. The highest BCUT2D eigenvalue weighted by Gasteiger charge is 2.15. The molecule has 1 amide bonds. The lowest BCUT2D eigenvalue weighted by Gasteiger charge is -2.13. The Hall–Kier alpha value is -3.23. The van der Waals surface area contributed by atoms with Crippen LogP contribution in [-0.2, 0) is 4.79 Å². The smallest absolute Gasteiger partial charge is 0.234 e. The third kappa shape index (κ3) is 4.60. The second kappa shape index (κ2) is 9.28. The van der Waals surface area contributed by atoms with Crippen LogP contribution in [-0.4, -0.2) is 35.8 Å². The minimum absolute atomic E-state index is 0.132. The van der Waals surface area contributed by atoms with Crippen LogP contribution in [0.15, 0.2) is 64.2 Å². The van der Waals surface area contributed by atoms with E-state index in [9.17, 15) is 4.79 Å². The number of anilines is 1. The molecule has 7 nitrogen and oxygen atoms in total. The van der Waals surface area contributed by atoms with Crippen molar-refractivity contribution < 1.29 is 18.7 Å². The summed E-state index contributed by atoms with van der Waals surface area (Å²) in [5.41, 5.74) is 1.24. The number of para-hydroxylation sites is 1. The molecule has 0 saturated carbocycles. The third-order valence-corrected chi connectivity index (χ3v) is 5.68. The monoisotopic (exact) mass is 455 g/mol. The van der Waals surface area contributed by atoms with Gasteiger partial charge in [-0.05, 0) is 18.2 Å². The van der Waals surface area contributed by atoms with Gasteiger partial charge >= 0.3 is 0 Å². The number of furan rings is 1. The highest BCUT2D eigenvalue weighted by molar-refractivity contribution is 8.00. The molecule has 0 aliphatic carbocycles. The van der Waals surface area contributed by atoms with Gasteiger partial charge in [-0.25, -0.2) is 9.97 Å². The van der Waals surface area contributed by atoms with E-state index < -0.39 is 0 Å². The van der Waals surface area contributed by atoms with Crippen molar-refractivity contribution in [2.45, 2.75) is 5.03 Å². The first-order valence-electron chi connectivity index (χ1n) is 9.24. The number of hydrogen-bond donors (Lipinski definition) is 1. The number of methoxy groups -OCH3 is 2. The summed E-state index contributed by atoms with van der Waals surface area (Å²) in [5.74, 6) is 1.82. The van der Waals surface area contributed by atoms with Gasteiger partial charge in [0.25, 0.3) is 0 Å². The summed E-state index contributed by atoms with van der Waals surface area (Å²) in [6.45, 7) is 0. The molecule has 4 rings (SSSR count). The highest BCUT2D eigenvalue weighted by Crippen LogP contribution is 2.36. The average Bonchev–Trinajstić information content (AvgIpc) is 3.33. The van der Waals surface area contributed by atoms with Crippen LogP contribution in [0.3, 0.4) is 0 Å². The number of benzene rings is 2. The number of nitrogens with one attached hydrogen (secondary N) is 1. The molecule has 4 aromatic rings. The van der Waals surface area contributed by atoms with Crippen LogP contribution < -0.4 is 14.8 Å². The van der Waals surface area contributed by atoms with Crippen LogP contribution in [0.2, 0.25) is 5.02 Å². The number of amides is 1. The van der Waals surface area contributed by atoms with Gasteiger partial charge in [0.1, 0.15) is 16.5 Å². The van der Waals surface area contributed by atoms with Crippen LogP contribution in [0.1, 0.15) is 0 Å². The topological polar surface area (TPSA) is 86.5 Å². The van der Waals surface area contributed by atoms with E-state index in [-0.39, 0.29) is 11.7 Å². The minimum atomic E-state index is -0.227. The van der Waals surface area contributed by atoms with E-state index >= 15 is 0 Å². The molecule has 158 valence electrons. The van der Waals surface area contributed by atoms with E-state index in [1.54, 1.807) is 30.5 Å². The molecular weight excluding hydrogens is 438 g/mol. The average molecular weight is 456 g/mol. The van der Waals surface area contributed by atoms with Gasteiger partial charge in [0.15, 0.2) is 11.6 Å². The summed E-state index contributed by atoms with van der Waals surface area (Å²) in [6.07, 6.45) is 1.57. The third-order valence-electron chi connectivity index (χ3n) is 4.40. The van der Waals surface area contributed by atoms with Crippen LogP contribution in [0.25, 0.3) is 22.5 Å². The van der Waals surface area contributed by atoms with Crippen LogP contribution in [0.4, 0.5) is 5.69 Å². The van der Waals surface area contributed by atoms with Crippen LogP contribution in [0.5, 0.6) is 11.5 Å². The van der Waals surface area contributed by atoms with Crippen molar-refractivity contribution in [2.75, 3.05) is 25.3 Å². The Bertz CT molecular complexity index is 1230. The highest BCUT2D eigenvalue weighted by atomic mass is 35.5. The van der Waals surface area contributed by atoms with Crippen molar-refractivity contribution in [1.29, 1.82) is 0 Å². The predicted molar refractivity (Wildman–Crippen MR) is 121 cm³/mol. The van der Waals surface area contributed by atoms with E-state index in [1.165, 1.54) is 26.0 Å². The first-order chi connectivity index (χ1) is 15.1. The Labute approximate surface area is 187 Å². The zero-order valence-corrected chi connectivity index (χ0v) is 18.3. The van der Waals surface area contributed by atoms with Gasteiger partial charge in [-0.2, -0.15) is 0 Å². The number of hydrogen-bond acceptors (Lipinski definition) is 7. The molecule has 0 atom stereocenters. The zero-order valence-electron chi connectivity index (χ0n) is 16.7. The summed E-state index contributed by atoms with van der Waals surface area (Å²) in [6, 6.07) is 14.4. The number of rotatable bonds is 7. The summed E-state index contributed by atoms with van der Waals surface area (Å²) in [5, 5.41) is 4.78.